The average molecular weight is 380 g/mol. The zero-order valence-electron chi connectivity index (χ0n) is 16.5. The van der Waals surface area contributed by atoms with Gasteiger partial charge in [-0.15, -0.1) is 10.2 Å². The van der Waals surface area contributed by atoms with Crippen LogP contribution in [0.15, 0.2) is 30.3 Å². The number of carbonyl (C=O) groups excluding carboxylic acids is 1. The van der Waals surface area contributed by atoms with Gasteiger partial charge in [0.15, 0.2) is 5.82 Å². The van der Waals surface area contributed by atoms with Crippen LogP contribution in [0, 0.1) is 0 Å². The predicted molar refractivity (Wildman–Crippen MR) is 104 cm³/mol. The molecule has 3 aromatic rings. The number of amides is 1. The molecule has 1 amide bonds. The summed E-state index contributed by atoms with van der Waals surface area (Å²) in [4.78, 5) is 14.8. The van der Waals surface area contributed by atoms with Gasteiger partial charge in [0.25, 0.3) is 5.91 Å². The number of hydrogen-bond acceptors (Lipinski definition) is 5. The van der Waals surface area contributed by atoms with Crippen molar-refractivity contribution < 1.29 is 9.53 Å². The van der Waals surface area contributed by atoms with Crippen molar-refractivity contribution in [3.8, 4) is 17.0 Å². The molecule has 4 rings (SSSR count). The molecule has 1 aliphatic rings. The molecule has 0 saturated carbocycles. The Bertz CT molecular complexity index is 1010. The van der Waals surface area contributed by atoms with Gasteiger partial charge in [0, 0.05) is 18.0 Å². The molecular weight excluding hydrogens is 356 g/mol. The molecule has 0 spiro atoms. The average Bonchev–Trinajstić information content (AvgIpc) is 3.35. The minimum absolute atomic E-state index is 0.0890. The monoisotopic (exact) mass is 380 g/mol. The summed E-state index contributed by atoms with van der Waals surface area (Å²) in [5, 5.41) is 15.8. The first-order valence-electron chi connectivity index (χ1n) is 9.40. The van der Waals surface area contributed by atoms with Crippen molar-refractivity contribution in [2.75, 3.05) is 13.7 Å². The number of nitrogens with one attached hydrogen (secondary N) is 1. The lowest BCUT2D eigenvalue weighted by Gasteiger charge is -2.32. The fourth-order valence-corrected chi connectivity index (χ4v) is 3.64. The van der Waals surface area contributed by atoms with Crippen LogP contribution >= 0.6 is 0 Å². The van der Waals surface area contributed by atoms with Crippen molar-refractivity contribution in [2.24, 2.45) is 0 Å². The van der Waals surface area contributed by atoms with E-state index in [-0.39, 0.29) is 11.9 Å². The molecule has 8 nitrogen and oxygen atoms in total. The number of carbonyl (C=O) groups is 1. The molecule has 0 saturated heterocycles. The predicted octanol–water partition coefficient (Wildman–Crippen LogP) is 3.02. The van der Waals surface area contributed by atoms with Crippen LogP contribution in [0.3, 0.4) is 0 Å². The molecule has 8 heteroatoms. The Hall–Kier alpha value is -3.16. The van der Waals surface area contributed by atoms with E-state index < -0.39 is 0 Å². The van der Waals surface area contributed by atoms with Gasteiger partial charge in [0.2, 0.25) is 0 Å². The van der Waals surface area contributed by atoms with Gasteiger partial charge < -0.3 is 14.2 Å². The second kappa shape index (κ2) is 7.10. The molecule has 1 atom stereocenters. The number of fused-ring (bicyclic) bond motifs is 1. The van der Waals surface area contributed by atoms with Gasteiger partial charge in [-0.05, 0) is 25.1 Å². The van der Waals surface area contributed by atoms with E-state index in [4.69, 9.17) is 4.74 Å². The number of benzene rings is 1. The topological polar surface area (TPSA) is 88.9 Å². The Balaban J connectivity index is 1.56. The molecule has 0 radical (unpaired) electrons. The van der Waals surface area contributed by atoms with Crippen LogP contribution in [0.1, 0.15) is 54.9 Å². The number of aromatic nitrogens is 5. The van der Waals surface area contributed by atoms with Gasteiger partial charge in [-0.1, -0.05) is 26.0 Å². The van der Waals surface area contributed by atoms with Crippen molar-refractivity contribution in [1.29, 1.82) is 0 Å². The van der Waals surface area contributed by atoms with Gasteiger partial charge in [-0.2, -0.15) is 5.10 Å². The van der Waals surface area contributed by atoms with Gasteiger partial charge in [0.05, 0.1) is 25.4 Å². The summed E-state index contributed by atoms with van der Waals surface area (Å²) in [6.07, 6.45) is 0. The molecule has 2 aromatic heterocycles. The van der Waals surface area contributed by atoms with Gasteiger partial charge in [0.1, 0.15) is 17.3 Å². The number of hydrogen-bond donors (Lipinski definition) is 1. The second-order valence-electron chi connectivity index (χ2n) is 7.43. The lowest BCUT2D eigenvalue weighted by atomic mass is 10.1. The summed E-state index contributed by atoms with van der Waals surface area (Å²) >= 11 is 0. The molecule has 0 aliphatic carbocycles. The first kappa shape index (κ1) is 18.2. The van der Waals surface area contributed by atoms with E-state index in [0.717, 1.165) is 23.0 Å². The zero-order chi connectivity index (χ0) is 19.8. The highest BCUT2D eigenvalue weighted by molar-refractivity contribution is 5.93. The summed E-state index contributed by atoms with van der Waals surface area (Å²) in [6.45, 7) is 7.35. The quantitative estimate of drug-likeness (QED) is 0.751. The lowest BCUT2D eigenvalue weighted by molar-refractivity contribution is 0.0673. The molecular formula is C20H24N6O2. The molecule has 1 N–H and O–H groups in total. The third kappa shape index (κ3) is 3.15. The fraction of sp³-hybridized carbons (Fsp3) is 0.400. The molecule has 0 bridgehead atoms. The third-order valence-corrected chi connectivity index (χ3v) is 5.03. The van der Waals surface area contributed by atoms with Crippen molar-refractivity contribution in [3.05, 3.63) is 47.7 Å². The van der Waals surface area contributed by atoms with E-state index in [9.17, 15) is 4.79 Å². The molecule has 28 heavy (non-hydrogen) atoms. The fourth-order valence-electron chi connectivity index (χ4n) is 3.64. The summed E-state index contributed by atoms with van der Waals surface area (Å²) in [5.41, 5.74) is 2.06. The maximum atomic E-state index is 13.0. The smallest absolute Gasteiger partial charge is 0.272 e. The first-order chi connectivity index (χ1) is 13.5. The third-order valence-electron chi connectivity index (χ3n) is 5.03. The van der Waals surface area contributed by atoms with Crippen LogP contribution in [0.4, 0.5) is 0 Å². The minimum Gasteiger partial charge on any atom is -0.497 e. The molecule has 1 aromatic carbocycles. The Labute approximate surface area is 163 Å². The Morgan fingerprint density at radius 3 is 2.86 bits per heavy atom. The normalized spacial score (nSPS) is 16.3. The maximum Gasteiger partial charge on any atom is 0.272 e. The first-order valence-corrected chi connectivity index (χ1v) is 9.40. The highest BCUT2D eigenvalue weighted by Gasteiger charge is 2.31. The molecule has 0 unspecified atom stereocenters. The number of nitrogens with zero attached hydrogens (tertiary/aromatic N) is 5. The van der Waals surface area contributed by atoms with Gasteiger partial charge >= 0.3 is 0 Å². The summed E-state index contributed by atoms with van der Waals surface area (Å²) < 4.78 is 7.42. The van der Waals surface area contributed by atoms with Crippen molar-refractivity contribution in [1.82, 2.24) is 29.9 Å². The standard InChI is InChI=1S/C20H24N6O2/c1-12(2)19-24-23-18-11-25(10-13(3)26(18)19)20(27)17-9-16(21-22-17)14-6-5-7-15(8-14)28-4/h5-9,12-13H,10-11H2,1-4H3,(H,21,22)/t13-/m0/s1. The highest BCUT2D eigenvalue weighted by Crippen LogP contribution is 2.27. The van der Waals surface area contributed by atoms with Crippen LogP contribution < -0.4 is 4.74 Å². The Morgan fingerprint density at radius 1 is 1.29 bits per heavy atom. The van der Waals surface area contributed by atoms with E-state index >= 15 is 0 Å². The second-order valence-corrected chi connectivity index (χ2v) is 7.43. The Morgan fingerprint density at radius 2 is 2.11 bits per heavy atom. The number of methoxy groups -OCH3 is 1. The number of H-pyrrole nitrogens is 1. The van der Waals surface area contributed by atoms with Gasteiger partial charge in [-0.25, -0.2) is 0 Å². The SMILES string of the molecule is COc1cccc(-c2cc(C(=O)N3Cc4nnc(C(C)C)n4[C@@H](C)C3)[nH]n2)c1. The van der Waals surface area contributed by atoms with E-state index in [0.29, 0.717) is 30.4 Å². The number of ether oxygens (including phenoxy) is 1. The van der Waals surface area contributed by atoms with Crippen LogP contribution in [-0.2, 0) is 6.54 Å². The van der Waals surface area contributed by atoms with Crippen LogP contribution in [-0.4, -0.2) is 49.4 Å². The number of rotatable bonds is 4. The lowest BCUT2D eigenvalue weighted by Crippen LogP contribution is -2.41. The summed E-state index contributed by atoms with van der Waals surface area (Å²) in [5.74, 6) is 2.75. The van der Waals surface area contributed by atoms with Crippen LogP contribution in [0.25, 0.3) is 11.3 Å². The van der Waals surface area contributed by atoms with E-state index in [1.807, 2.05) is 24.3 Å². The van der Waals surface area contributed by atoms with Gasteiger partial charge in [-0.3, -0.25) is 9.89 Å². The van der Waals surface area contributed by atoms with Crippen LogP contribution in [0.2, 0.25) is 0 Å². The zero-order valence-corrected chi connectivity index (χ0v) is 16.5. The van der Waals surface area contributed by atoms with E-state index in [1.54, 1.807) is 18.1 Å². The van der Waals surface area contributed by atoms with Crippen molar-refractivity contribution in [2.45, 2.75) is 39.3 Å². The highest BCUT2D eigenvalue weighted by atomic mass is 16.5. The summed E-state index contributed by atoms with van der Waals surface area (Å²) in [7, 11) is 1.62. The van der Waals surface area contributed by atoms with E-state index in [1.165, 1.54) is 0 Å². The van der Waals surface area contributed by atoms with Crippen molar-refractivity contribution >= 4 is 5.91 Å². The molecule has 0 fully saturated rings. The largest absolute Gasteiger partial charge is 0.497 e. The van der Waals surface area contributed by atoms with Crippen molar-refractivity contribution in [3.63, 3.8) is 0 Å². The minimum atomic E-state index is -0.0890. The molecule has 1 aliphatic heterocycles. The maximum absolute atomic E-state index is 13.0. The van der Waals surface area contributed by atoms with Crippen LogP contribution in [0.5, 0.6) is 5.75 Å². The Kier molecular flexibility index (Phi) is 4.62. The molecule has 146 valence electrons. The number of aromatic amines is 1. The molecule has 3 heterocycles. The summed E-state index contributed by atoms with van der Waals surface area (Å²) in [6, 6.07) is 9.51. The van der Waals surface area contributed by atoms with E-state index in [2.05, 4.69) is 45.7 Å².